The first kappa shape index (κ1) is 12.2. The van der Waals surface area contributed by atoms with Gasteiger partial charge < -0.3 is 10.0 Å². The number of anilines is 1. The summed E-state index contributed by atoms with van der Waals surface area (Å²) in [6, 6.07) is 8.81. The number of aliphatic hydroxyl groups excluding tert-OH is 1. The highest BCUT2D eigenvalue weighted by Crippen LogP contribution is 2.36. The first-order valence-electron chi connectivity index (χ1n) is 6.42. The van der Waals surface area contributed by atoms with E-state index in [0.717, 1.165) is 18.5 Å². The molecule has 17 heavy (non-hydrogen) atoms. The van der Waals surface area contributed by atoms with Gasteiger partial charge in [-0.05, 0) is 25.3 Å². The molecule has 0 bridgehead atoms. The number of rotatable bonds is 6. The molecule has 2 rings (SSSR count). The van der Waals surface area contributed by atoms with Crippen molar-refractivity contribution in [2.45, 2.75) is 38.3 Å². The van der Waals surface area contributed by atoms with E-state index in [9.17, 15) is 5.11 Å². The molecule has 1 fully saturated rings. The fourth-order valence-electron chi connectivity index (χ4n) is 2.22. The highest BCUT2D eigenvalue weighted by Gasteiger charge is 2.30. The molecule has 1 atom stereocenters. The minimum Gasteiger partial charge on any atom is -0.388 e. The third kappa shape index (κ3) is 2.70. The van der Waals surface area contributed by atoms with Crippen LogP contribution in [0.2, 0.25) is 0 Å². The molecule has 0 amide bonds. The minimum atomic E-state index is -0.364. The SMILES string of the molecule is C=CCN(c1ccccc1C(O)CC)C1CC1. The average molecular weight is 231 g/mol. The molecule has 1 N–H and O–H groups in total. The van der Waals surface area contributed by atoms with Gasteiger partial charge in [0.15, 0.2) is 0 Å². The molecule has 0 saturated heterocycles. The molecule has 1 saturated carbocycles. The van der Waals surface area contributed by atoms with Crippen LogP contribution in [-0.4, -0.2) is 17.7 Å². The van der Waals surface area contributed by atoms with Gasteiger partial charge in [0.1, 0.15) is 0 Å². The monoisotopic (exact) mass is 231 g/mol. The van der Waals surface area contributed by atoms with E-state index in [1.807, 2.05) is 31.2 Å². The number of hydrogen-bond acceptors (Lipinski definition) is 2. The summed E-state index contributed by atoms with van der Waals surface area (Å²) in [5.74, 6) is 0. The maximum absolute atomic E-state index is 10.1. The molecule has 0 heterocycles. The minimum absolute atomic E-state index is 0.364. The molecular weight excluding hydrogens is 210 g/mol. The van der Waals surface area contributed by atoms with E-state index in [0.29, 0.717) is 6.04 Å². The van der Waals surface area contributed by atoms with Gasteiger partial charge in [-0.2, -0.15) is 0 Å². The Bertz CT molecular complexity index is 384. The Balaban J connectivity index is 2.31. The second-order valence-electron chi connectivity index (χ2n) is 4.66. The van der Waals surface area contributed by atoms with Gasteiger partial charge in [-0.1, -0.05) is 31.2 Å². The largest absolute Gasteiger partial charge is 0.388 e. The summed E-state index contributed by atoms with van der Waals surface area (Å²) in [7, 11) is 0. The maximum atomic E-state index is 10.1. The van der Waals surface area contributed by atoms with E-state index in [1.54, 1.807) is 0 Å². The molecule has 0 aromatic heterocycles. The first-order valence-corrected chi connectivity index (χ1v) is 6.42. The predicted molar refractivity (Wildman–Crippen MR) is 72.3 cm³/mol. The number of aliphatic hydroxyl groups is 1. The van der Waals surface area contributed by atoms with E-state index in [-0.39, 0.29) is 6.10 Å². The summed E-state index contributed by atoms with van der Waals surface area (Å²) in [6.45, 7) is 6.70. The van der Waals surface area contributed by atoms with Crippen LogP contribution in [0.3, 0.4) is 0 Å². The van der Waals surface area contributed by atoms with Crippen LogP contribution in [0, 0.1) is 0 Å². The van der Waals surface area contributed by atoms with Crippen molar-refractivity contribution >= 4 is 5.69 Å². The third-order valence-electron chi connectivity index (χ3n) is 3.31. The normalized spacial score (nSPS) is 16.6. The van der Waals surface area contributed by atoms with Crippen LogP contribution >= 0.6 is 0 Å². The molecule has 2 heteroatoms. The zero-order valence-corrected chi connectivity index (χ0v) is 10.5. The van der Waals surface area contributed by atoms with Crippen molar-refractivity contribution in [2.24, 2.45) is 0 Å². The van der Waals surface area contributed by atoms with Gasteiger partial charge in [0.25, 0.3) is 0 Å². The number of hydrogen-bond donors (Lipinski definition) is 1. The van der Waals surface area contributed by atoms with Gasteiger partial charge >= 0.3 is 0 Å². The molecule has 0 radical (unpaired) electrons. The topological polar surface area (TPSA) is 23.5 Å². The fourth-order valence-corrected chi connectivity index (χ4v) is 2.22. The molecule has 92 valence electrons. The number of benzene rings is 1. The highest BCUT2D eigenvalue weighted by atomic mass is 16.3. The quantitative estimate of drug-likeness (QED) is 0.759. The summed E-state index contributed by atoms with van der Waals surface area (Å²) in [5.41, 5.74) is 2.22. The Morgan fingerprint density at radius 3 is 2.76 bits per heavy atom. The van der Waals surface area contributed by atoms with E-state index < -0.39 is 0 Å². The lowest BCUT2D eigenvalue weighted by Gasteiger charge is -2.27. The summed E-state index contributed by atoms with van der Waals surface area (Å²) in [6.07, 6.45) is 4.84. The standard InChI is InChI=1S/C15H21NO/c1-3-11-16(12-9-10-12)14-8-6-5-7-13(14)15(17)4-2/h3,5-8,12,15,17H,1,4,9-11H2,2H3. The van der Waals surface area contributed by atoms with Gasteiger partial charge in [-0.15, -0.1) is 6.58 Å². The molecule has 1 aromatic carbocycles. The highest BCUT2D eigenvalue weighted by molar-refractivity contribution is 5.56. The van der Waals surface area contributed by atoms with Crippen LogP contribution in [0.4, 0.5) is 5.69 Å². The Morgan fingerprint density at radius 2 is 2.18 bits per heavy atom. The lowest BCUT2D eigenvalue weighted by molar-refractivity contribution is 0.174. The van der Waals surface area contributed by atoms with Crippen LogP contribution in [0.1, 0.15) is 37.9 Å². The second-order valence-corrected chi connectivity index (χ2v) is 4.66. The van der Waals surface area contributed by atoms with Crippen molar-refractivity contribution < 1.29 is 5.11 Å². The molecule has 1 aliphatic rings. The molecule has 1 aromatic rings. The summed E-state index contributed by atoms with van der Waals surface area (Å²) in [5, 5.41) is 10.1. The van der Waals surface area contributed by atoms with Crippen molar-refractivity contribution in [3.8, 4) is 0 Å². The van der Waals surface area contributed by atoms with E-state index in [1.165, 1.54) is 18.5 Å². The molecule has 0 aliphatic heterocycles. The Morgan fingerprint density at radius 1 is 1.47 bits per heavy atom. The van der Waals surface area contributed by atoms with Crippen molar-refractivity contribution in [3.63, 3.8) is 0 Å². The number of nitrogens with zero attached hydrogens (tertiary/aromatic N) is 1. The van der Waals surface area contributed by atoms with Crippen LogP contribution in [-0.2, 0) is 0 Å². The van der Waals surface area contributed by atoms with Crippen LogP contribution in [0.25, 0.3) is 0 Å². The Kier molecular flexibility index (Phi) is 3.85. The lowest BCUT2D eigenvalue weighted by Crippen LogP contribution is -2.27. The average Bonchev–Trinajstić information content (AvgIpc) is 3.19. The van der Waals surface area contributed by atoms with Crippen molar-refractivity contribution in [2.75, 3.05) is 11.4 Å². The first-order chi connectivity index (χ1) is 8.27. The summed E-state index contributed by atoms with van der Waals surface area (Å²) < 4.78 is 0. The lowest BCUT2D eigenvalue weighted by atomic mass is 10.0. The van der Waals surface area contributed by atoms with Crippen molar-refractivity contribution in [1.82, 2.24) is 0 Å². The van der Waals surface area contributed by atoms with Crippen LogP contribution < -0.4 is 4.90 Å². The van der Waals surface area contributed by atoms with Gasteiger partial charge in [0, 0.05) is 23.8 Å². The number of para-hydroxylation sites is 1. The van der Waals surface area contributed by atoms with Crippen LogP contribution in [0.5, 0.6) is 0 Å². The van der Waals surface area contributed by atoms with Crippen molar-refractivity contribution in [1.29, 1.82) is 0 Å². The maximum Gasteiger partial charge on any atom is 0.0807 e. The van der Waals surface area contributed by atoms with E-state index in [4.69, 9.17) is 0 Å². The zero-order chi connectivity index (χ0) is 12.3. The molecule has 2 nitrogen and oxygen atoms in total. The van der Waals surface area contributed by atoms with Gasteiger partial charge in [0.2, 0.25) is 0 Å². The predicted octanol–water partition coefficient (Wildman–Crippen LogP) is 3.28. The van der Waals surface area contributed by atoms with Gasteiger partial charge in [-0.3, -0.25) is 0 Å². The third-order valence-corrected chi connectivity index (χ3v) is 3.31. The second kappa shape index (κ2) is 5.37. The zero-order valence-electron chi connectivity index (χ0n) is 10.5. The Hall–Kier alpha value is -1.28. The Labute approximate surface area is 104 Å². The van der Waals surface area contributed by atoms with Crippen LogP contribution in [0.15, 0.2) is 36.9 Å². The van der Waals surface area contributed by atoms with E-state index in [2.05, 4.69) is 17.5 Å². The molecule has 1 unspecified atom stereocenters. The summed E-state index contributed by atoms with van der Waals surface area (Å²) >= 11 is 0. The molecule has 1 aliphatic carbocycles. The van der Waals surface area contributed by atoms with Crippen molar-refractivity contribution in [3.05, 3.63) is 42.5 Å². The van der Waals surface area contributed by atoms with E-state index >= 15 is 0 Å². The fraction of sp³-hybridized carbons (Fsp3) is 0.467. The van der Waals surface area contributed by atoms with Gasteiger partial charge in [-0.25, -0.2) is 0 Å². The summed E-state index contributed by atoms with van der Waals surface area (Å²) in [4.78, 5) is 2.36. The molecule has 0 spiro atoms. The van der Waals surface area contributed by atoms with Gasteiger partial charge in [0.05, 0.1) is 6.10 Å². The smallest absolute Gasteiger partial charge is 0.0807 e. The molecular formula is C15H21NO.